The molecule has 1 radical (unpaired) electrons. The Morgan fingerprint density at radius 3 is 2.75 bits per heavy atom. The van der Waals surface area contributed by atoms with E-state index in [2.05, 4.69) is 6.07 Å². The smallest absolute Gasteiger partial charge is 0.254 e. The zero-order chi connectivity index (χ0) is 8.39. The Morgan fingerprint density at radius 1 is 1.42 bits per heavy atom. The quantitative estimate of drug-likeness (QED) is 0.607. The minimum atomic E-state index is 0.113. The summed E-state index contributed by atoms with van der Waals surface area (Å²) in [6.45, 7) is 1.81. The summed E-state index contributed by atoms with van der Waals surface area (Å²) in [7, 11) is 0. The van der Waals surface area contributed by atoms with E-state index in [-0.39, 0.29) is 5.91 Å². The average molecular weight is 160 g/mol. The fourth-order valence-electron chi connectivity index (χ4n) is 1.22. The Hall–Kier alpha value is -1.31. The summed E-state index contributed by atoms with van der Waals surface area (Å²) in [6.07, 6.45) is 1.14. The zero-order valence-corrected chi connectivity index (χ0v) is 6.79. The van der Waals surface area contributed by atoms with Gasteiger partial charge < -0.3 is 4.90 Å². The lowest BCUT2D eigenvalue weighted by Crippen LogP contribution is -2.42. The van der Waals surface area contributed by atoms with Crippen LogP contribution in [0.3, 0.4) is 0 Å². The van der Waals surface area contributed by atoms with Crippen molar-refractivity contribution in [2.24, 2.45) is 0 Å². The third kappa shape index (κ3) is 1.20. The molecule has 1 saturated heterocycles. The molecule has 0 saturated carbocycles. The maximum atomic E-state index is 11.5. The summed E-state index contributed by atoms with van der Waals surface area (Å²) in [5.74, 6) is 0.113. The molecule has 1 fully saturated rings. The van der Waals surface area contributed by atoms with Gasteiger partial charge in [0, 0.05) is 18.7 Å². The van der Waals surface area contributed by atoms with Gasteiger partial charge in [0.05, 0.1) is 0 Å². The lowest BCUT2D eigenvalue weighted by atomic mass is 10.1. The normalized spacial score (nSPS) is 15.5. The fraction of sp³-hybridized carbons (Fsp3) is 0.300. The minimum absolute atomic E-state index is 0.113. The highest BCUT2D eigenvalue weighted by Crippen LogP contribution is 2.11. The van der Waals surface area contributed by atoms with E-state index in [1.807, 2.05) is 17.0 Å². The molecule has 1 aromatic carbocycles. The maximum absolute atomic E-state index is 11.5. The van der Waals surface area contributed by atoms with Crippen LogP contribution in [-0.2, 0) is 0 Å². The number of hydrogen-bond acceptors (Lipinski definition) is 1. The molecular formula is C10H10NO. The fourth-order valence-corrected chi connectivity index (χ4v) is 1.22. The molecule has 0 unspecified atom stereocenters. The van der Waals surface area contributed by atoms with Gasteiger partial charge in [-0.1, -0.05) is 18.2 Å². The minimum Gasteiger partial charge on any atom is -0.338 e. The third-order valence-corrected chi connectivity index (χ3v) is 2.08. The van der Waals surface area contributed by atoms with Crippen LogP contribution in [-0.4, -0.2) is 23.9 Å². The number of carbonyl (C=O) groups excluding carboxylic acids is 1. The molecule has 0 bridgehead atoms. The molecule has 12 heavy (non-hydrogen) atoms. The Balaban J connectivity index is 2.14. The standard InChI is InChI=1S/C10H10NO/c12-10(11-7-4-8-11)9-5-2-1-3-6-9/h1-3,5H,4,7-8H2. The Labute approximate surface area is 71.8 Å². The summed E-state index contributed by atoms with van der Waals surface area (Å²) in [4.78, 5) is 13.4. The maximum Gasteiger partial charge on any atom is 0.254 e. The van der Waals surface area contributed by atoms with E-state index in [1.165, 1.54) is 0 Å². The summed E-state index contributed by atoms with van der Waals surface area (Å²) in [5, 5.41) is 0. The number of amides is 1. The van der Waals surface area contributed by atoms with Crippen LogP contribution in [0, 0.1) is 6.07 Å². The molecule has 2 rings (SSSR count). The van der Waals surface area contributed by atoms with E-state index in [0.717, 1.165) is 19.5 Å². The number of rotatable bonds is 1. The molecule has 0 N–H and O–H groups in total. The Morgan fingerprint density at radius 2 is 2.25 bits per heavy atom. The van der Waals surface area contributed by atoms with E-state index in [0.29, 0.717) is 5.56 Å². The van der Waals surface area contributed by atoms with Gasteiger partial charge >= 0.3 is 0 Å². The van der Waals surface area contributed by atoms with E-state index in [1.54, 1.807) is 12.1 Å². The Kier molecular flexibility index (Phi) is 1.82. The van der Waals surface area contributed by atoms with Crippen molar-refractivity contribution in [3.63, 3.8) is 0 Å². The van der Waals surface area contributed by atoms with Crippen LogP contribution in [0.4, 0.5) is 0 Å². The summed E-state index contributed by atoms with van der Waals surface area (Å²) in [5.41, 5.74) is 0.678. The second kappa shape index (κ2) is 2.97. The highest BCUT2D eigenvalue weighted by atomic mass is 16.2. The molecule has 1 aromatic rings. The molecule has 1 aliphatic rings. The largest absolute Gasteiger partial charge is 0.338 e. The van der Waals surface area contributed by atoms with Crippen molar-refractivity contribution in [1.29, 1.82) is 0 Å². The first kappa shape index (κ1) is 7.35. The molecule has 1 amide bonds. The predicted molar refractivity (Wildman–Crippen MR) is 45.8 cm³/mol. The first-order valence-electron chi connectivity index (χ1n) is 4.14. The molecule has 0 aromatic heterocycles. The van der Waals surface area contributed by atoms with Crippen LogP contribution in [0.2, 0.25) is 0 Å². The molecule has 1 aliphatic heterocycles. The van der Waals surface area contributed by atoms with Crippen molar-refractivity contribution in [1.82, 2.24) is 4.90 Å². The van der Waals surface area contributed by atoms with Gasteiger partial charge in [0.1, 0.15) is 0 Å². The van der Waals surface area contributed by atoms with Crippen LogP contribution in [0.5, 0.6) is 0 Å². The van der Waals surface area contributed by atoms with Crippen LogP contribution in [0.25, 0.3) is 0 Å². The van der Waals surface area contributed by atoms with Gasteiger partial charge in [-0.3, -0.25) is 4.79 Å². The highest BCUT2D eigenvalue weighted by molar-refractivity contribution is 5.94. The molecule has 2 heteroatoms. The van der Waals surface area contributed by atoms with Crippen molar-refractivity contribution in [2.75, 3.05) is 13.1 Å². The topological polar surface area (TPSA) is 20.3 Å². The second-order valence-corrected chi connectivity index (χ2v) is 2.92. The van der Waals surface area contributed by atoms with Gasteiger partial charge in [0.2, 0.25) is 0 Å². The number of carbonyl (C=O) groups is 1. The molecule has 0 aliphatic carbocycles. The lowest BCUT2D eigenvalue weighted by molar-refractivity contribution is 0.0651. The Bertz CT molecular complexity index is 277. The van der Waals surface area contributed by atoms with Crippen molar-refractivity contribution in [3.05, 3.63) is 35.9 Å². The molecule has 1 heterocycles. The first-order valence-corrected chi connectivity index (χ1v) is 4.14. The van der Waals surface area contributed by atoms with Crippen LogP contribution >= 0.6 is 0 Å². The van der Waals surface area contributed by atoms with Gasteiger partial charge in [0.15, 0.2) is 0 Å². The van der Waals surface area contributed by atoms with Crippen molar-refractivity contribution in [2.45, 2.75) is 6.42 Å². The van der Waals surface area contributed by atoms with E-state index < -0.39 is 0 Å². The predicted octanol–water partition coefficient (Wildman–Crippen LogP) is 1.33. The van der Waals surface area contributed by atoms with Crippen molar-refractivity contribution >= 4 is 5.91 Å². The molecule has 2 nitrogen and oxygen atoms in total. The van der Waals surface area contributed by atoms with Gasteiger partial charge in [-0.2, -0.15) is 0 Å². The highest BCUT2D eigenvalue weighted by Gasteiger charge is 2.20. The SMILES string of the molecule is O=C(c1[c]cccc1)N1CCC1. The van der Waals surface area contributed by atoms with Crippen molar-refractivity contribution < 1.29 is 4.79 Å². The first-order chi connectivity index (χ1) is 5.88. The molecule has 0 atom stereocenters. The van der Waals surface area contributed by atoms with Gasteiger partial charge in [-0.15, -0.1) is 0 Å². The van der Waals surface area contributed by atoms with Gasteiger partial charge in [-0.05, 0) is 18.6 Å². The number of hydrogen-bond donors (Lipinski definition) is 0. The summed E-state index contributed by atoms with van der Waals surface area (Å²) >= 11 is 0. The second-order valence-electron chi connectivity index (χ2n) is 2.92. The van der Waals surface area contributed by atoms with Gasteiger partial charge in [-0.25, -0.2) is 0 Å². The zero-order valence-electron chi connectivity index (χ0n) is 6.79. The monoisotopic (exact) mass is 160 g/mol. The average Bonchev–Trinajstić information content (AvgIpc) is 2.03. The van der Waals surface area contributed by atoms with Crippen LogP contribution in [0.15, 0.2) is 24.3 Å². The lowest BCUT2D eigenvalue weighted by Gasteiger charge is -2.30. The van der Waals surface area contributed by atoms with E-state index in [4.69, 9.17) is 0 Å². The van der Waals surface area contributed by atoms with Crippen LogP contribution < -0.4 is 0 Å². The molecule has 0 spiro atoms. The van der Waals surface area contributed by atoms with Crippen LogP contribution in [0.1, 0.15) is 16.8 Å². The number of nitrogens with zero attached hydrogens (tertiary/aromatic N) is 1. The van der Waals surface area contributed by atoms with E-state index in [9.17, 15) is 4.79 Å². The number of benzene rings is 1. The summed E-state index contributed by atoms with van der Waals surface area (Å²) < 4.78 is 0. The van der Waals surface area contributed by atoms with Gasteiger partial charge in [0.25, 0.3) is 5.91 Å². The molecular weight excluding hydrogens is 150 g/mol. The molecule has 61 valence electrons. The van der Waals surface area contributed by atoms with E-state index >= 15 is 0 Å². The van der Waals surface area contributed by atoms with Crippen molar-refractivity contribution in [3.8, 4) is 0 Å². The number of likely N-dealkylation sites (tertiary alicyclic amines) is 1. The summed E-state index contributed by atoms with van der Waals surface area (Å²) in [6, 6.07) is 10.2. The third-order valence-electron chi connectivity index (χ3n) is 2.08.